The predicted octanol–water partition coefficient (Wildman–Crippen LogP) is 2.84. The smallest absolute Gasteiger partial charge is 0.116 e. The van der Waals surface area contributed by atoms with Gasteiger partial charge in [0.05, 0.1) is 17.4 Å². The molecule has 0 amide bonds. The number of halogens is 1. The molecule has 0 bridgehead atoms. The van der Waals surface area contributed by atoms with Gasteiger partial charge in [0, 0.05) is 15.5 Å². The van der Waals surface area contributed by atoms with Gasteiger partial charge in [0.1, 0.15) is 5.01 Å². The fourth-order valence-electron chi connectivity index (χ4n) is 2.04. The molecule has 2 N–H and O–H groups in total. The molecule has 0 fully saturated rings. The van der Waals surface area contributed by atoms with Gasteiger partial charge in [0.15, 0.2) is 0 Å². The second-order valence-corrected chi connectivity index (χ2v) is 6.19. The molecule has 5 heteroatoms. The third-order valence-corrected chi connectivity index (χ3v) is 4.66. The average molecular weight is 310 g/mol. The van der Waals surface area contributed by atoms with Crippen LogP contribution in [0.5, 0.6) is 0 Å². The van der Waals surface area contributed by atoms with Crippen molar-refractivity contribution < 1.29 is 0 Å². The molecule has 0 aliphatic heterocycles. The number of nitrogens with zero attached hydrogens (tertiary/aromatic N) is 2. The van der Waals surface area contributed by atoms with Gasteiger partial charge in [-0.3, -0.25) is 4.98 Å². The summed E-state index contributed by atoms with van der Waals surface area (Å²) in [6, 6.07) is 3.71. The molecule has 17 heavy (non-hydrogen) atoms. The molecule has 3 rings (SSSR count). The molecule has 0 saturated heterocycles. The number of thiazole rings is 1. The molecule has 2 aromatic rings. The summed E-state index contributed by atoms with van der Waals surface area (Å²) in [5.41, 5.74) is 8.32. The first-order valence-electron chi connectivity index (χ1n) is 5.59. The molecular formula is C12H12BrN3S. The van der Waals surface area contributed by atoms with Crippen LogP contribution in [0.25, 0.3) is 0 Å². The Morgan fingerprint density at radius 2 is 2.24 bits per heavy atom. The van der Waals surface area contributed by atoms with Gasteiger partial charge in [-0.15, -0.1) is 11.3 Å². The SMILES string of the molecule is NC(c1ccc(Br)cn1)c1nc2c(s1)CCC2. The lowest BCUT2D eigenvalue weighted by molar-refractivity contribution is 0.804. The van der Waals surface area contributed by atoms with E-state index in [-0.39, 0.29) is 6.04 Å². The summed E-state index contributed by atoms with van der Waals surface area (Å²) >= 11 is 5.11. The number of rotatable bonds is 2. The van der Waals surface area contributed by atoms with E-state index in [1.165, 1.54) is 17.0 Å². The van der Waals surface area contributed by atoms with Gasteiger partial charge >= 0.3 is 0 Å². The molecule has 1 atom stereocenters. The Kier molecular flexibility index (Phi) is 2.98. The first-order chi connectivity index (χ1) is 8.24. The molecule has 3 nitrogen and oxygen atoms in total. The minimum atomic E-state index is -0.196. The van der Waals surface area contributed by atoms with E-state index in [9.17, 15) is 0 Å². The van der Waals surface area contributed by atoms with Gasteiger partial charge in [-0.25, -0.2) is 4.98 Å². The third kappa shape index (κ3) is 2.14. The summed E-state index contributed by atoms with van der Waals surface area (Å²) in [5, 5.41) is 0.990. The number of pyridine rings is 1. The fourth-order valence-corrected chi connectivity index (χ4v) is 3.44. The standard InChI is InChI=1S/C12H12BrN3S/c13-7-4-5-9(15-6-7)11(14)12-16-8-2-1-3-10(8)17-12/h4-6,11H,1-3,14H2. The van der Waals surface area contributed by atoms with Crippen molar-refractivity contribution in [1.29, 1.82) is 0 Å². The molecule has 0 saturated carbocycles. The van der Waals surface area contributed by atoms with Crippen LogP contribution in [0.2, 0.25) is 0 Å². The monoisotopic (exact) mass is 309 g/mol. The second-order valence-electron chi connectivity index (χ2n) is 4.15. The average Bonchev–Trinajstić information content (AvgIpc) is 2.89. The Labute approximate surface area is 112 Å². The number of aryl methyl sites for hydroxylation is 2. The lowest BCUT2D eigenvalue weighted by Crippen LogP contribution is -2.13. The zero-order valence-electron chi connectivity index (χ0n) is 9.19. The Bertz CT molecular complexity index is 514. The molecule has 2 aromatic heterocycles. The minimum Gasteiger partial charge on any atom is -0.317 e. The van der Waals surface area contributed by atoms with E-state index < -0.39 is 0 Å². The molecule has 88 valence electrons. The van der Waals surface area contributed by atoms with Crippen molar-refractivity contribution in [2.45, 2.75) is 25.3 Å². The highest BCUT2D eigenvalue weighted by atomic mass is 79.9. The number of nitrogens with two attached hydrogens (primary N) is 1. The normalized spacial score (nSPS) is 15.9. The van der Waals surface area contributed by atoms with Crippen molar-refractivity contribution >= 4 is 27.3 Å². The van der Waals surface area contributed by atoms with E-state index in [0.29, 0.717) is 0 Å². The maximum absolute atomic E-state index is 6.20. The maximum atomic E-state index is 6.20. The molecule has 1 aliphatic carbocycles. The molecule has 0 spiro atoms. The lowest BCUT2D eigenvalue weighted by atomic mass is 10.2. The molecule has 2 heterocycles. The quantitative estimate of drug-likeness (QED) is 0.928. The first-order valence-corrected chi connectivity index (χ1v) is 7.20. The van der Waals surface area contributed by atoms with E-state index in [4.69, 9.17) is 5.73 Å². The van der Waals surface area contributed by atoms with E-state index in [0.717, 1.165) is 28.0 Å². The zero-order valence-corrected chi connectivity index (χ0v) is 11.6. The van der Waals surface area contributed by atoms with Crippen molar-refractivity contribution in [3.8, 4) is 0 Å². The lowest BCUT2D eigenvalue weighted by Gasteiger charge is -2.07. The van der Waals surface area contributed by atoms with Crippen molar-refractivity contribution in [2.24, 2.45) is 5.73 Å². The van der Waals surface area contributed by atoms with Gasteiger partial charge in [-0.2, -0.15) is 0 Å². The van der Waals surface area contributed by atoms with Crippen LogP contribution in [0.15, 0.2) is 22.8 Å². The highest BCUT2D eigenvalue weighted by Crippen LogP contribution is 2.31. The van der Waals surface area contributed by atoms with E-state index in [2.05, 4.69) is 25.9 Å². The van der Waals surface area contributed by atoms with E-state index in [1.807, 2.05) is 12.1 Å². The van der Waals surface area contributed by atoms with Crippen LogP contribution in [0.1, 0.15) is 33.7 Å². The van der Waals surface area contributed by atoms with Crippen molar-refractivity contribution in [3.05, 3.63) is 44.1 Å². The Morgan fingerprint density at radius 3 is 2.94 bits per heavy atom. The third-order valence-electron chi connectivity index (χ3n) is 2.95. The number of hydrogen-bond acceptors (Lipinski definition) is 4. The highest BCUT2D eigenvalue weighted by molar-refractivity contribution is 9.10. The Balaban J connectivity index is 1.90. The van der Waals surface area contributed by atoms with Gasteiger partial charge in [-0.1, -0.05) is 0 Å². The van der Waals surface area contributed by atoms with Crippen molar-refractivity contribution in [2.75, 3.05) is 0 Å². The van der Waals surface area contributed by atoms with Crippen LogP contribution in [0.3, 0.4) is 0 Å². The van der Waals surface area contributed by atoms with Crippen LogP contribution < -0.4 is 5.73 Å². The molecular weight excluding hydrogens is 298 g/mol. The van der Waals surface area contributed by atoms with Crippen LogP contribution in [0.4, 0.5) is 0 Å². The van der Waals surface area contributed by atoms with E-state index >= 15 is 0 Å². The molecule has 1 unspecified atom stereocenters. The Hall–Kier alpha value is -0.780. The van der Waals surface area contributed by atoms with Gasteiger partial charge in [0.25, 0.3) is 0 Å². The second kappa shape index (κ2) is 4.48. The topological polar surface area (TPSA) is 51.8 Å². The summed E-state index contributed by atoms with van der Waals surface area (Å²) in [6.45, 7) is 0. The molecule has 0 aromatic carbocycles. The van der Waals surface area contributed by atoms with Gasteiger partial charge < -0.3 is 5.73 Å². The minimum absolute atomic E-state index is 0.196. The van der Waals surface area contributed by atoms with Crippen molar-refractivity contribution in [3.63, 3.8) is 0 Å². The zero-order chi connectivity index (χ0) is 11.8. The molecule has 1 aliphatic rings. The van der Waals surface area contributed by atoms with E-state index in [1.54, 1.807) is 17.5 Å². The van der Waals surface area contributed by atoms with Crippen LogP contribution >= 0.6 is 27.3 Å². The summed E-state index contributed by atoms with van der Waals surface area (Å²) in [6.07, 6.45) is 5.27. The van der Waals surface area contributed by atoms with Crippen LogP contribution in [0, 0.1) is 0 Å². The van der Waals surface area contributed by atoms with Crippen LogP contribution in [-0.2, 0) is 12.8 Å². The Morgan fingerprint density at radius 1 is 1.35 bits per heavy atom. The van der Waals surface area contributed by atoms with Crippen LogP contribution in [-0.4, -0.2) is 9.97 Å². The summed E-state index contributed by atoms with van der Waals surface area (Å²) < 4.78 is 0.968. The number of fused-ring (bicyclic) bond motifs is 1. The van der Waals surface area contributed by atoms with Gasteiger partial charge in [0.2, 0.25) is 0 Å². The fraction of sp³-hybridized carbons (Fsp3) is 0.333. The molecule has 0 radical (unpaired) electrons. The largest absolute Gasteiger partial charge is 0.317 e. The summed E-state index contributed by atoms with van der Waals surface area (Å²) in [7, 11) is 0. The number of aromatic nitrogens is 2. The highest BCUT2D eigenvalue weighted by Gasteiger charge is 2.21. The predicted molar refractivity (Wildman–Crippen MR) is 72.1 cm³/mol. The first kappa shape index (κ1) is 11.3. The van der Waals surface area contributed by atoms with Gasteiger partial charge in [-0.05, 0) is 47.3 Å². The summed E-state index contributed by atoms with van der Waals surface area (Å²) in [4.78, 5) is 10.4. The van der Waals surface area contributed by atoms with Crippen molar-refractivity contribution in [1.82, 2.24) is 9.97 Å². The maximum Gasteiger partial charge on any atom is 0.116 e. The summed E-state index contributed by atoms with van der Waals surface area (Å²) in [5.74, 6) is 0. The number of hydrogen-bond donors (Lipinski definition) is 1.